The average molecular weight is 519 g/mol. The molecule has 0 radical (unpaired) electrons. The highest BCUT2D eigenvalue weighted by Crippen LogP contribution is 2.35. The zero-order valence-electron chi connectivity index (χ0n) is 22.3. The van der Waals surface area contributed by atoms with Crippen LogP contribution >= 0.6 is 0 Å². The van der Waals surface area contributed by atoms with E-state index in [0.717, 1.165) is 36.1 Å². The van der Waals surface area contributed by atoms with Crippen molar-refractivity contribution >= 4 is 15.6 Å². The molecule has 2 aromatic carbocycles. The van der Waals surface area contributed by atoms with Gasteiger partial charge in [0.1, 0.15) is 5.60 Å². The maximum atomic E-state index is 13.4. The third-order valence-corrected chi connectivity index (χ3v) is 8.81. The quantitative estimate of drug-likeness (QED) is 0.439. The van der Waals surface area contributed by atoms with E-state index < -0.39 is 27.9 Å². The summed E-state index contributed by atoms with van der Waals surface area (Å²) < 4.78 is 36.0. The summed E-state index contributed by atoms with van der Waals surface area (Å²) in [5, 5.41) is 10.2. The predicted molar refractivity (Wildman–Crippen MR) is 142 cm³/mol. The van der Waals surface area contributed by atoms with E-state index in [2.05, 4.69) is 23.1 Å². The van der Waals surface area contributed by atoms with Crippen LogP contribution < -0.4 is 4.74 Å². The van der Waals surface area contributed by atoms with Gasteiger partial charge in [-0.3, -0.25) is 14.1 Å². The highest BCUT2D eigenvalue weighted by Gasteiger charge is 2.32. The first kappa shape index (κ1) is 28.1. The zero-order valence-corrected chi connectivity index (χ0v) is 23.1. The molecule has 6 nitrogen and oxygen atoms in total. The van der Waals surface area contributed by atoms with Crippen LogP contribution in [0.15, 0.2) is 45.7 Å². The van der Waals surface area contributed by atoms with E-state index in [-0.39, 0.29) is 23.5 Å². The molecule has 0 aliphatic carbocycles. The van der Waals surface area contributed by atoms with E-state index in [0.29, 0.717) is 17.2 Å². The predicted octanol–water partition coefficient (Wildman–Crippen LogP) is 6.03. The van der Waals surface area contributed by atoms with Crippen LogP contribution in [0.1, 0.15) is 71.1 Å². The summed E-state index contributed by atoms with van der Waals surface area (Å²) in [5.41, 5.74) is 2.80. The number of aromatic hydroxyl groups is 1. The van der Waals surface area contributed by atoms with Gasteiger partial charge in [0, 0.05) is 36.2 Å². The third kappa shape index (κ3) is 7.07. The summed E-state index contributed by atoms with van der Waals surface area (Å²) in [7, 11) is -2.99. The number of hydrogen-bond donors (Lipinski definition) is 1. The maximum absolute atomic E-state index is 13.4. The van der Waals surface area contributed by atoms with Gasteiger partial charge >= 0.3 is 0 Å². The van der Waals surface area contributed by atoms with Crippen LogP contribution in [0.25, 0.3) is 0 Å². The van der Waals surface area contributed by atoms with Crippen LogP contribution in [0.2, 0.25) is 0 Å². The fourth-order valence-corrected chi connectivity index (χ4v) is 6.36. The van der Waals surface area contributed by atoms with Gasteiger partial charge in [-0.2, -0.15) is 4.36 Å². The molecule has 1 amide bonds. The van der Waals surface area contributed by atoms with Crippen molar-refractivity contribution in [1.29, 1.82) is 0 Å². The summed E-state index contributed by atoms with van der Waals surface area (Å²) in [6, 6.07) is 11.1. The van der Waals surface area contributed by atoms with Crippen molar-refractivity contribution in [3.63, 3.8) is 0 Å². The van der Waals surface area contributed by atoms with Crippen LogP contribution in [0.3, 0.4) is 0 Å². The molecule has 1 heterocycles. The molecule has 3 rings (SSSR count). The van der Waals surface area contributed by atoms with Crippen LogP contribution in [0, 0.1) is 0 Å². The van der Waals surface area contributed by atoms with E-state index in [1.165, 1.54) is 6.92 Å². The van der Waals surface area contributed by atoms with E-state index in [1.54, 1.807) is 12.1 Å². The Hall–Kier alpha value is -2.45. The van der Waals surface area contributed by atoms with Gasteiger partial charge in [-0.1, -0.05) is 12.1 Å². The van der Waals surface area contributed by atoms with Crippen molar-refractivity contribution in [3.05, 3.63) is 53.1 Å². The summed E-state index contributed by atoms with van der Waals surface area (Å²) in [4.78, 5) is 14.5. The number of ether oxygens (including phenoxy) is 1. The highest BCUT2D eigenvalue weighted by atomic mass is 32.2. The Labute approximate surface area is 215 Å². The molecular weight excluding hydrogens is 479 g/mol. The van der Waals surface area contributed by atoms with Gasteiger partial charge in [-0.05, 0) is 94.8 Å². The molecule has 36 heavy (non-hydrogen) atoms. The lowest BCUT2D eigenvalue weighted by molar-refractivity contribution is -0.115. The first-order valence-corrected chi connectivity index (χ1v) is 14.1. The molecule has 0 saturated heterocycles. The maximum Gasteiger partial charge on any atom is 0.250 e. The second-order valence-corrected chi connectivity index (χ2v) is 13.5. The minimum absolute atomic E-state index is 0.0324. The third-order valence-electron chi connectivity index (χ3n) is 6.42. The SMILES string of the molecule is CC(=O)N=S(=O)(CCCF)c1ccc2c(c1)CN(C(C)(C)CCc1ccc(O)c(OC(C)(C)C)c1)C2. The lowest BCUT2D eigenvalue weighted by Crippen LogP contribution is -2.40. The topological polar surface area (TPSA) is 79.2 Å². The second kappa shape index (κ2) is 10.9. The first-order valence-electron chi connectivity index (χ1n) is 12.4. The number of rotatable bonds is 9. The number of carbonyl (C=O) groups excluding carboxylic acids is 1. The fraction of sp³-hybridized carbons (Fsp3) is 0.536. The zero-order chi connectivity index (χ0) is 26.7. The Balaban J connectivity index is 1.74. The van der Waals surface area contributed by atoms with Crippen LogP contribution in [0.5, 0.6) is 11.5 Å². The molecular formula is C28H39FN2O4S. The number of phenols is 1. The normalized spacial score (nSPS) is 15.9. The molecule has 0 spiro atoms. The minimum Gasteiger partial charge on any atom is -0.504 e. The molecule has 0 bridgehead atoms. The number of nitrogens with zero attached hydrogens (tertiary/aromatic N) is 2. The van der Waals surface area contributed by atoms with Crippen molar-refractivity contribution in [2.24, 2.45) is 4.36 Å². The number of alkyl halides is 1. The Morgan fingerprint density at radius 2 is 1.81 bits per heavy atom. The largest absolute Gasteiger partial charge is 0.504 e. The van der Waals surface area contributed by atoms with Crippen LogP contribution in [-0.2, 0) is 34.0 Å². The number of halogens is 1. The van der Waals surface area contributed by atoms with Crippen molar-refractivity contribution in [2.45, 2.75) is 89.9 Å². The molecule has 1 atom stereocenters. The molecule has 8 heteroatoms. The molecule has 0 aromatic heterocycles. The molecule has 1 aliphatic rings. The van der Waals surface area contributed by atoms with E-state index in [9.17, 15) is 18.5 Å². The van der Waals surface area contributed by atoms with Gasteiger partial charge < -0.3 is 9.84 Å². The summed E-state index contributed by atoms with van der Waals surface area (Å²) in [5.74, 6) is 0.155. The fourth-order valence-electron chi connectivity index (χ4n) is 4.41. The molecule has 1 N–H and O–H groups in total. The standard InChI is InChI=1S/C28H39FN2O4S/c1-20(32)30-36(34,15-7-14-29)24-10-9-22-18-31(19-23(22)17-24)28(5,6)13-12-21-8-11-25(33)26(16-21)35-27(2,3)4/h8-11,16-17,33H,7,12-15,18-19H2,1-6H3. The van der Waals surface area contributed by atoms with Crippen LogP contribution in [0.4, 0.5) is 4.39 Å². The number of amides is 1. The van der Waals surface area contributed by atoms with E-state index >= 15 is 0 Å². The average Bonchev–Trinajstić information content (AvgIpc) is 3.21. The number of benzene rings is 2. The van der Waals surface area contributed by atoms with Gasteiger partial charge in [-0.15, -0.1) is 0 Å². The Bertz CT molecular complexity index is 1230. The Morgan fingerprint density at radius 3 is 2.44 bits per heavy atom. The number of hydrogen-bond acceptors (Lipinski definition) is 5. The van der Waals surface area contributed by atoms with Crippen molar-refractivity contribution < 1.29 is 23.2 Å². The summed E-state index contributed by atoms with van der Waals surface area (Å²) in [6.45, 7) is 12.4. The summed E-state index contributed by atoms with van der Waals surface area (Å²) in [6.07, 6.45) is 1.81. The van der Waals surface area contributed by atoms with Gasteiger partial charge in [0.15, 0.2) is 11.5 Å². The number of phenolic OH excluding ortho intramolecular Hbond substituents is 1. The highest BCUT2D eigenvalue weighted by molar-refractivity contribution is 7.94. The van der Waals surface area contributed by atoms with Gasteiger partial charge in [0.25, 0.3) is 5.91 Å². The molecule has 0 fully saturated rings. The molecule has 2 aromatic rings. The molecule has 1 aliphatic heterocycles. The first-order chi connectivity index (χ1) is 16.7. The molecule has 198 valence electrons. The van der Waals surface area contributed by atoms with Gasteiger partial charge in [-0.25, -0.2) is 4.21 Å². The van der Waals surface area contributed by atoms with Gasteiger partial charge in [0.05, 0.1) is 16.4 Å². The number of fused-ring (bicyclic) bond motifs is 1. The Kier molecular flexibility index (Phi) is 8.51. The van der Waals surface area contributed by atoms with Crippen molar-refractivity contribution in [3.8, 4) is 11.5 Å². The van der Waals surface area contributed by atoms with Crippen molar-refractivity contribution in [2.75, 3.05) is 12.4 Å². The van der Waals surface area contributed by atoms with E-state index in [4.69, 9.17) is 4.74 Å². The molecule has 1 unspecified atom stereocenters. The number of carbonyl (C=O) groups is 1. The van der Waals surface area contributed by atoms with E-state index in [1.807, 2.05) is 45.0 Å². The smallest absolute Gasteiger partial charge is 0.250 e. The lowest BCUT2D eigenvalue weighted by Gasteiger charge is -2.35. The minimum atomic E-state index is -2.99. The number of aryl methyl sites for hydroxylation is 1. The monoisotopic (exact) mass is 518 g/mol. The lowest BCUT2D eigenvalue weighted by atomic mass is 9.93. The second-order valence-electron chi connectivity index (χ2n) is 11.1. The Morgan fingerprint density at radius 1 is 1.11 bits per heavy atom. The van der Waals surface area contributed by atoms with Gasteiger partial charge in [0.2, 0.25) is 0 Å². The molecule has 0 saturated carbocycles. The van der Waals surface area contributed by atoms with Crippen molar-refractivity contribution in [1.82, 2.24) is 4.90 Å². The summed E-state index contributed by atoms with van der Waals surface area (Å²) >= 11 is 0. The van der Waals surface area contributed by atoms with Crippen LogP contribution in [-0.4, -0.2) is 43.7 Å².